The maximum Gasteiger partial charge on any atom is 0.265 e. The maximum absolute atomic E-state index is 13.1. The third kappa shape index (κ3) is 5.25. The average Bonchev–Trinajstić information content (AvgIpc) is 2.89. The first-order valence-corrected chi connectivity index (χ1v) is 11.8. The van der Waals surface area contributed by atoms with E-state index in [1.807, 2.05) is 30.3 Å². The molecular formula is C28H26F2N4O. The second-order valence-corrected chi connectivity index (χ2v) is 9.20. The van der Waals surface area contributed by atoms with Gasteiger partial charge in [-0.15, -0.1) is 0 Å². The Morgan fingerprint density at radius 2 is 1.80 bits per heavy atom. The van der Waals surface area contributed by atoms with Gasteiger partial charge >= 0.3 is 0 Å². The van der Waals surface area contributed by atoms with Crippen LogP contribution in [0, 0.1) is 0 Å². The molecule has 3 aromatic heterocycles. The minimum atomic E-state index is -2.59. The molecule has 1 aliphatic rings. The van der Waals surface area contributed by atoms with Crippen LogP contribution in [-0.2, 0) is 6.42 Å². The van der Waals surface area contributed by atoms with Gasteiger partial charge in [0.2, 0.25) is 0 Å². The second kappa shape index (κ2) is 9.96. The molecule has 0 unspecified atom stereocenters. The van der Waals surface area contributed by atoms with Gasteiger partial charge in [0.25, 0.3) is 6.43 Å². The summed E-state index contributed by atoms with van der Waals surface area (Å²) in [4.78, 5) is 28.2. The molecule has 1 saturated heterocycles. The number of likely N-dealkylation sites (tertiary alicyclic amines) is 1. The van der Waals surface area contributed by atoms with Crippen LogP contribution in [0.25, 0.3) is 22.0 Å². The third-order valence-electron chi connectivity index (χ3n) is 6.71. The molecule has 4 aromatic rings. The summed E-state index contributed by atoms with van der Waals surface area (Å²) >= 11 is 0. The minimum Gasteiger partial charge on any atom is -0.306 e. The van der Waals surface area contributed by atoms with E-state index in [-0.39, 0.29) is 17.8 Å². The van der Waals surface area contributed by atoms with Crippen LogP contribution >= 0.6 is 0 Å². The highest BCUT2D eigenvalue weighted by atomic mass is 19.3. The van der Waals surface area contributed by atoms with Crippen LogP contribution in [0.5, 0.6) is 0 Å². The van der Waals surface area contributed by atoms with E-state index in [9.17, 15) is 13.6 Å². The van der Waals surface area contributed by atoms with E-state index in [0.29, 0.717) is 28.4 Å². The second-order valence-electron chi connectivity index (χ2n) is 9.20. The summed E-state index contributed by atoms with van der Waals surface area (Å²) in [6, 6.07) is 13.1. The number of aromatic nitrogens is 3. The minimum absolute atomic E-state index is 0.0229. The van der Waals surface area contributed by atoms with Crippen molar-refractivity contribution in [2.45, 2.75) is 31.6 Å². The first-order chi connectivity index (χ1) is 17.0. The molecule has 35 heavy (non-hydrogen) atoms. The molecule has 178 valence electrons. The molecule has 4 heterocycles. The number of pyridine rings is 3. The largest absolute Gasteiger partial charge is 0.306 e. The van der Waals surface area contributed by atoms with Crippen molar-refractivity contribution < 1.29 is 13.6 Å². The average molecular weight is 473 g/mol. The number of fused-ring (bicyclic) bond motifs is 1. The van der Waals surface area contributed by atoms with Gasteiger partial charge in [0.1, 0.15) is 0 Å². The molecule has 0 aliphatic carbocycles. The third-order valence-corrected chi connectivity index (χ3v) is 6.71. The molecule has 0 bridgehead atoms. The van der Waals surface area contributed by atoms with E-state index >= 15 is 0 Å². The fraction of sp³-hybridized carbons (Fsp3) is 0.286. The SMILES string of the molecule is CN1CCC(c2cccc(C(=O)Cc3cc4cc(-c5cncc(C(F)F)c5)ncc4cn3)c2)CC1. The van der Waals surface area contributed by atoms with E-state index in [4.69, 9.17) is 0 Å². The highest BCUT2D eigenvalue weighted by Gasteiger charge is 2.19. The van der Waals surface area contributed by atoms with Crippen molar-refractivity contribution in [1.82, 2.24) is 19.9 Å². The number of Topliss-reactive ketones (excluding diaryl/α,β-unsaturated/α-hetero) is 1. The lowest BCUT2D eigenvalue weighted by Gasteiger charge is -2.29. The predicted molar refractivity (Wildman–Crippen MR) is 132 cm³/mol. The first-order valence-electron chi connectivity index (χ1n) is 11.8. The smallest absolute Gasteiger partial charge is 0.265 e. The Bertz CT molecular complexity index is 1370. The fourth-order valence-corrected chi connectivity index (χ4v) is 4.63. The quantitative estimate of drug-likeness (QED) is 0.329. The van der Waals surface area contributed by atoms with Gasteiger partial charge in [-0.3, -0.25) is 19.7 Å². The summed E-state index contributed by atoms with van der Waals surface area (Å²) in [5.41, 5.74) is 3.50. The predicted octanol–water partition coefficient (Wildman–Crippen LogP) is 5.86. The van der Waals surface area contributed by atoms with Gasteiger partial charge in [0.15, 0.2) is 5.78 Å². The molecular weight excluding hydrogens is 446 g/mol. The zero-order valence-corrected chi connectivity index (χ0v) is 19.5. The number of hydrogen-bond acceptors (Lipinski definition) is 5. The number of ketones is 1. The van der Waals surface area contributed by atoms with E-state index in [1.165, 1.54) is 17.8 Å². The Balaban J connectivity index is 1.36. The van der Waals surface area contributed by atoms with Crippen molar-refractivity contribution in [2.24, 2.45) is 0 Å². The lowest BCUT2D eigenvalue weighted by atomic mass is 9.88. The molecule has 5 rings (SSSR count). The number of piperidine rings is 1. The van der Waals surface area contributed by atoms with Crippen LogP contribution in [0.15, 0.2) is 67.3 Å². The van der Waals surface area contributed by atoms with E-state index in [1.54, 1.807) is 12.4 Å². The number of benzene rings is 1. The summed E-state index contributed by atoms with van der Waals surface area (Å²) in [5, 5.41) is 1.66. The summed E-state index contributed by atoms with van der Waals surface area (Å²) in [7, 11) is 2.14. The van der Waals surface area contributed by atoms with Gasteiger partial charge in [-0.2, -0.15) is 0 Å². The van der Waals surface area contributed by atoms with E-state index < -0.39 is 6.43 Å². The molecule has 1 aromatic carbocycles. The summed E-state index contributed by atoms with van der Waals surface area (Å²) in [6.07, 6.45) is 5.82. The normalized spacial score (nSPS) is 15.1. The highest BCUT2D eigenvalue weighted by Crippen LogP contribution is 2.29. The van der Waals surface area contributed by atoms with E-state index in [2.05, 4.69) is 33.0 Å². The van der Waals surface area contributed by atoms with Gasteiger partial charge in [-0.1, -0.05) is 18.2 Å². The van der Waals surface area contributed by atoms with Gasteiger partial charge in [0, 0.05) is 52.6 Å². The zero-order valence-electron chi connectivity index (χ0n) is 19.5. The molecule has 1 fully saturated rings. The maximum atomic E-state index is 13.1. The molecule has 0 amide bonds. The van der Waals surface area contributed by atoms with Gasteiger partial charge in [-0.25, -0.2) is 8.78 Å². The van der Waals surface area contributed by atoms with Crippen molar-refractivity contribution in [3.8, 4) is 11.3 Å². The molecule has 0 saturated carbocycles. The fourth-order valence-electron chi connectivity index (χ4n) is 4.63. The van der Waals surface area contributed by atoms with Crippen LogP contribution in [-0.4, -0.2) is 45.8 Å². The molecule has 0 atom stereocenters. The van der Waals surface area contributed by atoms with Crippen LogP contribution < -0.4 is 0 Å². The van der Waals surface area contributed by atoms with Crippen molar-refractivity contribution in [3.63, 3.8) is 0 Å². The topological polar surface area (TPSA) is 59.0 Å². The summed E-state index contributed by atoms with van der Waals surface area (Å²) in [6.45, 7) is 2.15. The number of hydrogen-bond donors (Lipinski definition) is 0. The summed E-state index contributed by atoms with van der Waals surface area (Å²) in [5.74, 6) is 0.511. The van der Waals surface area contributed by atoms with Crippen molar-refractivity contribution in [3.05, 3.63) is 89.6 Å². The summed E-state index contributed by atoms with van der Waals surface area (Å²) < 4.78 is 26.1. The van der Waals surface area contributed by atoms with Crippen LogP contribution in [0.3, 0.4) is 0 Å². The number of carbonyl (C=O) groups is 1. The standard InChI is InChI=1S/C28H26F2N4O/c1-34-7-5-18(6-8-34)19-3-2-4-20(9-19)27(35)13-25-11-21-12-26(33-17-24(21)16-32-25)22-10-23(28(29)30)15-31-14-22/h2-4,9-12,14-18,28H,5-8,13H2,1H3. The Morgan fingerprint density at radius 1 is 1.00 bits per heavy atom. The van der Waals surface area contributed by atoms with Crippen LogP contribution in [0.4, 0.5) is 8.78 Å². The van der Waals surface area contributed by atoms with Crippen molar-refractivity contribution in [2.75, 3.05) is 20.1 Å². The van der Waals surface area contributed by atoms with Crippen molar-refractivity contribution in [1.29, 1.82) is 0 Å². The van der Waals surface area contributed by atoms with Gasteiger partial charge < -0.3 is 4.90 Å². The molecule has 1 aliphatic heterocycles. The number of alkyl halides is 2. The van der Waals surface area contributed by atoms with Gasteiger partial charge in [-0.05, 0) is 74.1 Å². The van der Waals surface area contributed by atoms with E-state index in [0.717, 1.165) is 42.9 Å². The zero-order chi connectivity index (χ0) is 24.4. The van der Waals surface area contributed by atoms with Crippen LogP contribution in [0.1, 0.15) is 52.4 Å². The number of rotatable bonds is 6. The van der Waals surface area contributed by atoms with Crippen LogP contribution in [0.2, 0.25) is 0 Å². The van der Waals surface area contributed by atoms with Gasteiger partial charge in [0.05, 0.1) is 12.1 Å². The number of carbonyl (C=O) groups excluding carboxylic acids is 1. The monoisotopic (exact) mass is 472 g/mol. The number of nitrogens with zero attached hydrogens (tertiary/aromatic N) is 4. The Labute approximate surface area is 202 Å². The molecule has 0 spiro atoms. The molecule has 7 heteroatoms. The molecule has 0 N–H and O–H groups in total. The Hall–Kier alpha value is -3.58. The lowest BCUT2D eigenvalue weighted by molar-refractivity contribution is 0.0991. The molecule has 0 radical (unpaired) electrons. The highest BCUT2D eigenvalue weighted by molar-refractivity contribution is 5.98. The number of halogens is 2. The first kappa shape index (κ1) is 23.2. The van der Waals surface area contributed by atoms with Crippen molar-refractivity contribution >= 4 is 16.6 Å². The Morgan fingerprint density at radius 3 is 2.60 bits per heavy atom. The lowest BCUT2D eigenvalue weighted by Crippen LogP contribution is -2.29. The Kier molecular flexibility index (Phi) is 6.59. The molecule has 5 nitrogen and oxygen atoms in total.